The van der Waals surface area contributed by atoms with Crippen LogP contribution in [0.25, 0.3) is 0 Å². The normalized spacial score (nSPS) is 12.8. The summed E-state index contributed by atoms with van der Waals surface area (Å²) in [4.78, 5) is 0. The number of rotatable bonds is 6. The molecule has 2 rings (SSSR count). The molecular weight excluding hydrogens is 226 g/mol. The Morgan fingerprint density at radius 1 is 1.39 bits per heavy atom. The van der Waals surface area contributed by atoms with Crippen LogP contribution in [-0.4, -0.2) is 16.7 Å². The number of aryl methyl sites for hydroxylation is 3. The molecule has 0 aromatic carbocycles. The van der Waals surface area contributed by atoms with Gasteiger partial charge in [-0.3, -0.25) is 5.10 Å². The summed E-state index contributed by atoms with van der Waals surface area (Å²) in [5.74, 6) is 1.97. The maximum absolute atomic E-state index is 5.59. The van der Waals surface area contributed by atoms with Gasteiger partial charge in [0.15, 0.2) is 0 Å². The lowest BCUT2D eigenvalue weighted by atomic mass is 10.1. The third-order valence-electron chi connectivity index (χ3n) is 3.20. The van der Waals surface area contributed by atoms with Crippen molar-refractivity contribution < 1.29 is 4.42 Å². The quantitative estimate of drug-likeness (QED) is 0.772. The molecule has 2 N–H and O–H groups in total. The Bertz CT molecular complexity index is 487. The van der Waals surface area contributed by atoms with Crippen LogP contribution in [-0.2, 0) is 6.42 Å². The summed E-state index contributed by atoms with van der Waals surface area (Å²) >= 11 is 0. The molecule has 0 amide bonds. The second-order valence-corrected chi connectivity index (χ2v) is 4.75. The smallest absolute Gasteiger partial charge is 0.120 e. The summed E-state index contributed by atoms with van der Waals surface area (Å²) in [5.41, 5.74) is 2.48. The van der Waals surface area contributed by atoms with Crippen LogP contribution in [0.1, 0.15) is 42.2 Å². The van der Waals surface area contributed by atoms with Crippen molar-refractivity contribution in [2.24, 2.45) is 0 Å². The van der Waals surface area contributed by atoms with Crippen molar-refractivity contribution in [3.8, 4) is 0 Å². The van der Waals surface area contributed by atoms with Crippen LogP contribution in [0, 0.1) is 13.8 Å². The molecular formula is C14H21N3O. The van der Waals surface area contributed by atoms with Crippen molar-refractivity contribution in [1.29, 1.82) is 0 Å². The van der Waals surface area contributed by atoms with E-state index in [0.717, 1.165) is 30.9 Å². The minimum absolute atomic E-state index is 0.268. The van der Waals surface area contributed by atoms with Crippen molar-refractivity contribution in [3.63, 3.8) is 0 Å². The Morgan fingerprint density at radius 2 is 2.22 bits per heavy atom. The first-order chi connectivity index (χ1) is 8.66. The number of nitrogens with one attached hydrogen (secondary N) is 2. The van der Waals surface area contributed by atoms with E-state index in [9.17, 15) is 0 Å². The van der Waals surface area contributed by atoms with Crippen LogP contribution >= 0.6 is 0 Å². The SMILES string of the molecule is Cc1ccc(C(C)NCCCc2cn[nH]c2C)o1. The van der Waals surface area contributed by atoms with Crippen LogP contribution < -0.4 is 5.32 Å². The Balaban J connectivity index is 1.71. The van der Waals surface area contributed by atoms with Gasteiger partial charge in [-0.25, -0.2) is 0 Å². The van der Waals surface area contributed by atoms with Gasteiger partial charge in [0.05, 0.1) is 12.2 Å². The van der Waals surface area contributed by atoms with Crippen LogP contribution in [0.15, 0.2) is 22.7 Å². The molecule has 18 heavy (non-hydrogen) atoms. The number of H-pyrrole nitrogens is 1. The summed E-state index contributed by atoms with van der Waals surface area (Å²) in [6.45, 7) is 7.13. The molecule has 1 unspecified atom stereocenters. The molecule has 0 saturated heterocycles. The van der Waals surface area contributed by atoms with Gasteiger partial charge in [0.25, 0.3) is 0 Å². The van der Waals surface area contributed by atoms with E-state index in [0.29, 0.717) is 0 Å². The average molecular weight is 247 g/mol. The first-order valence-corrected chi connectivity index (χ1v) is 6.45. The van der Waals surface area contributed by atoms with Gasteiger partial charge in [0.1, 0.15) is 11.5 Å². The van der Waals surface area contributed by atoms with E-state index in [2.05, 4.69) is 29.4 Å². The topological polar surface area (TPSA) is 53.9 Å². The number of aromatic nitrogens is 2. The molecule has 2 aromatic heterocycles. The van der Waals surface area contributed by atoms with E-state index in [1.54, 1.807) is 0 Å². The van der Waals surface area contributed by atoms with Gasteiger partial charge >= 0.3 is 0 Å². The lowest BCUT2D eigenvalue weighted by molar-refractivity contribution is 0.415. The van der Waals surface area contributed by atoms with Crippen LogP contribution in [0.5, 0.6) is 0 Å². The predicted octanol–water partition coefficient (Wildman–Crippen LogP) is 2.90. The highest BCUT2D eigenvalue weighted by Gasteiger charge is 2.08. The standard InChI is InChI=1S/C14H21N3O/c1-10-6-7-14(18-10)12(3)15-8-4-5-13-9-16-17-11(13)2/h6-7,9,12,15H,4-5,8H2,1-3H3,(H,16,17). The molecule has 0 aliphatic heterocycles. The number of hydrogen-bond acceptors (Lipinski definition) is 3. The molecule has 2 heterocycles. The van der Waals surface area contributed by atoms with Gasteiger partial charge in [-0.15, -0.1) is 0 Å². The molecule has 4 nitrogen and oxygen atoms in total. The Labute approximate surface area is 108 Å². The monoisotopic (exact) mass is 247 g/mol. The van der Waals surface area contributed by atoms with Crippen molar-refractivity contribution in [2.45, 2.75) is 39.7 Å². The molecule has 0 bridgehead atoms. The first kappa shape index (κ1) is 12.9. The molecule has 0 radical (unpaired) electrons. The molecule has 1 atom stereocenters. The van der Waals surface area contributed by atoms with E-state index in [1.807, 2.05) is 25.3 Å². The molecule has 0 aliphatic rings. The zero-order chi connectivity index (χ0) is 13.0. The predicted molar refractivity (Wildman–Crippen MR) is 71.5 cm³/mol. The van der Waals surface area contributed by atoms with Gasteiger partial charge in [-0.2, -0.15) is 5.10 Å². The number of nitrogens with zero attached hydrogens (tertiary/aromatic N) is 1. The Kier molecular flexibility index (Phi) is 4.20. The van der Waals surface area contributed by atoms with Gasteiger partial charge in [0.2, 0.25) is 0 Å². The molecule has 2 aromatic rings. The fourth-order valence-electron chi connectivity index (χ4n) is 2.01. The third-order valence-corrected chi connectivity index (χ3v) is 3.20. The number of furan rings is 1. The molecule has 0 spiro atoms. The van der Waals surface area contributed by atoms with Gasteiger partial charge in [-0.05, 0) is 57.9 Å². The molecule has 98 valence electrons. The maximum Gasteiger partial charge on any atom is 0.120 e. The van der Waals surface area contributed by atoms with Crippen molar-refractivity contribution >= 4 is 0 Å². The average Bonchev–Trinajstić information content (AvgIpc) is 2.94. The van der Waals surface area contributed by atoms with E-state index >= 15 is 0 Å². The molecule has 4 heteroatoms. The highest BCUT2D eigenvalue weighted by Crippen LogP contribution is 2.15. The second-order valence-electron chi connectivity index (χ2n) is 4.75. The lowest BCUT2D eigenvalue weighted by Crippen LogP contribution is -2.19. The highest BCUT2D eigenvalue weighted by atomic mass is 16.3. The molecule has 0 saturated carbocycles. The summed E-state index contributed by atoms with van der Waals surface area (Å²) in [6, 6.07) is 4.31. The Morgan fingerprint density at radius 3 is 2.83 bits per heavy atom. The molecule has 0 fully saturated rings. The Hall–Kier alpha value is -1.55. The van der Waals surface area contributed by atoms with Crippen molar-refractivity contribution in [2.75, 3.05) is 6.54 Å². The third kappa shape index (κ3) is 3.23. The maximum atomic E-state index is 5.59. The summed E-state index contributed by atoms with van der Waals surface area (Å²) in [5, 5.41) is 10.5. The van der Waals surface area contributed by atoms with Crippen molar-refractivity contribution in [3.05, 3.63) is 41.1 Å². The van der Waals surface area contributed by atoms with E-state index in [4.69, 9.17) is 4.42 Å². The van der Waals surface area contributed by atoms with Gasteiger partial charge in [0, 0.05) is 5.69 Å². The minimum atomic E-state index is 0.268. The van der Waals surface area contributed by atoms with Gasteiger partial charge in [-0.1, -0.05) is 0 Å². The van der Waals surface area contributed by atoms with E-state index in [1.165, 1.54) is 11.3 Å². The van der Waals surface area contributed by atoms with Crippen molar-refractivity contribution in [1.82, 2.24) is 15.5 Å². The largest absolute Gasteiger partial charge is 0.465 e. The highest BCUT2D eigenvalue weighted by molar-refractivity contribution is 5.14. The summed E-state index contributed by atoms with van der Waals surface area (Å²) in [7, 11) is 0. The zero-order valence-corrected chi connectivity index (χ0v) is 11.3. The minimum Gasteiger partial charge on any atom is -0.465 e. The lowest BCUT2D eigenvalue weighted by Gasteiger charge is -2.10. The summed E-state index contributed by atoms with van der Waals surface area (Å²) in [6.07, 6.45) is 4.07. The fourth-order valence-corrected chi connectivity index (χ4v) is 2.01. The van der Waals surface area contributed by atoms with Crippen LogP contribution in [0.2, 0.25) is 0 Å². The van der Waals surface area contributed by atoms with E-state index < -0.39 is 0 Å². The van der Waals surface area contributed by atoms with E-state index in [-0.39, 0.29) is 6.04 Å². The molecule has 0 aliphatic carbocycles. The van der Waals surface area contributed by atoms with Crippen LogP contribution in [0.3, 0.4) is 0 Å². The zero-order valence-electron chi connectivity index (χ0n) is 11.3. The second kappa shape index (κ2) is 5.87. The number of hydrogen-bond donors (Lipinski definition) is 2. The van der Waals surface area contributed by atoms with Gasteiger partial charge < -0.3 is 9.73 Å². The number of aromatic amines is 1. The summed E-state index contributed by atoms with van der Waals surface area (Å²) < 4.78 is 5.59. The first-order valence-electron chi connectivity index (χ1n) is 6.45. The fraction of sp³-hybridized carbons (Fsp3) is 0.500. The van der Waals surface area contributed by atoms with Crippen LogP contribution in [0.4, 0.5) is 0 Å².